The molecule has 38 heavy (non-hydrogen) atoms. The van der Waals surface area contributed by atoms with Gasteiger partial charge in [-0.2, -0.15) is 0 Å². The summed E-state index contributed by atoms with van der Waals surface area (Å²) < 4.78 is 5.40. The van der Waals surface area contributed by atoms with Crippen LogP contribution < -0.4 is 4.90 Å². The van der Waals surface area contributed by atoms with Gasteiger partial charge in [0, 0.05) is 16.4 Å². The molecule has 2 aliphatic carbocycles. The number of carbonyl (C=O) groups is 4. The van der Waals surface area contributed by atoms with Crippen LogP contribution in [0.15, 0.2) is 66.7 Å². The van der Waals surface area contributed by atoms with E-state index < -0.39 is 11.4 Å². The summed E-state index contributed by atoms with van der Waals surface area (Å²) in [6.45, 7) is 5.02. The fraction of sp³-hybridized carbons (Fsp3) is 0.323. The van der Waals surface area contributed by atoms with Crippen LogP contribution in [0.4, 0.5) is 5.69 Å². The summed E-state index contributed by atoms with van der Waals surface area (Å²) in [6.07, 6.45) is 5.03. The van der Waals surface area contributed by atoms with Crippen LogP contribution in [-0.4, -0.2) is 35.2 Å². The summed E-state index contributed by atoms with van der Waals surface area (Å²) in [7, 11) is 0. The molecule has 6 rings (SSSR count). The van der Waals surface area contributed by atoms with Gasteiger partial charge >= 0.3 is 5.97 Å². The highest BCUT2D eigenvalue weighted by molar-refractivity contribution is 6.23. The number of pyridine rings is 1. The first kappa shape index (κ1) is 24.2. The topological polar surface area (TPSA) is 93.6 Å². The normalized spacial score (nSPS) is 23.8. The Hall–Kier alpha value is -4.13. The molecule has 1 saturated carbocycles. The van der Waals surface area contributed by atoms with Crippen molar-refractivity contribution in [2.45, 2.75) is 27.2 Å². The Balaban J connectivity index is 1.34. The number of ether oxygens (including phenoxy) is 1. The van der Waals surface area contributed by atoms with E-state index in [-0.39, 0.29) is 47.9 Å². The molecular weight excluding hydrogens is 480 g/mol. The van der Waals surface area contributed by atoms with Gasteiger partial charge in [0.1, 0.15) is 0 Å². The average Bonchev–Trinajstić information content (AvgIpc) is 3.59. The molecule has 0 unspecified atom stereocenters. The molecule has 0 spiro atoms. The summed E-state index contributed by atoms with van der Waals surface area (Å²) in [5, 5.41) is 0.612. The van der Waals surface area contributed by atoms with Gasteiger partial charge in [-0.3, -0.25) is 14.4 Å². The van der Waals surface area contributed by atoms with E-state index in [1.807, 2.05) is 18.2 Å². The number of hydrogen-bond acceptors (Lipinski definition) is 6. The van der Waals surface area contributed by atoms with Crippen molar-refractivity contribution >= 4 is 40.2 Å². The molecule has 1 saturated heterocycles. The smallest absolute Gasteiger partial charge is 0.339 e. The van der Waals surface area contributed by atoms with E-state index >= 15 is 0 Å². The van der Waals surface area contributed by atoms with Crippen molar-refractivity contribution in [3.8, 4) is 11.3 Å². The number of benzene rings is 2. The van der Waals surface area contributed by atoms with E-state index in [2.05, 4.69) is 12.2 Å². The lowest BCUT2D eigenvalue weighted by molar-refractivity contribution is -0.129. The van der Waals surface area contributed by atoms with Crippen molar-refractivity contribution in [1.29, 1.82) is 0 Å². The molecular formula is C31H28N2O5. The van der Waals surface area contributed by atoms with Crippen molar-refractivity contribution in [3.63, 3.8) is 0 Å². The van der Waals surface area contributed by atoms with Gasteiger partial charge in [0.25, 0.3) is 0 Å². The highest BCUT2D eigenvalue weighted by Gasteiger charge is 2.59. The first-order chi connectivity index (χ1) is 18.1. The number of carbonyl (C=O) groups excluding carboxylic acids is 4. The Bertz CT molecular complexity index is 1520. The predicted molar refractivity (Wildman–Crippen MR) is 142 cm³/mol. The standard InChI is InChI=1S/C31H28N2O5/c1-31(2,3)25(34)16-38-30(37)22-15-24(32-23-10-5-4-9-21(22)23)17-7-6-8-20(14-17)33-28(35)26-18-11-12-19(13-18)27(26)29(33)36/h4-12,14-15,18-19,26-27H,13,16H2,1-3H3/t18-,19-,26+,27+/m0/s1. The van der Waals surface area contributed by atoms with Crippen LogP contribution in [0.25, 0.3) is 22.2 Å². The van der Waals surface area contributed by atoms with Gasteiger partial charge in [0.2, 0.25) is 11.8 Å². The first-order valence-electron chi connectivity index (χ1n) is 12.9. The number of anilines is 1. The lowest BCUT2D eigenvalue weighted by Gasteiger charge is -2.18. The van der Waals surface area contributed by atoms with Gasteiger partial charge in [-0.1, -0.05) is 63.3 Å². The van der Waals surface area contributed by atoms with Gasteiger partial charge in [-0.25, -0.2) is 14.7 Å². The lowest BCUT2D eigenvalue weighted by atomic mass is 9.85. The quantitative estimate of drug-likeness (QED) is 0.274. The molecule has 1 aromatic heterocycles. The molecule has 1 aliphatic heterocycles. The maximum absolute atomic E-state index is 13.3. The SMILES string of the molecule is CC(C)(C)C(=O)COC(=O)c1cc(-c2cccc(N3C(=O)[C@H]4[C@H](C3=O)[C@H]3C=C[C@H]4C3)c2)nc2ccccc12. The average molecular weight is 509 g/mol. The van der Waals surface area contributed by atoms with Gasteiger partial charge in [-0.05, 0) is 42.5 Å². The third kappa shape index (κ3) is 3.85. The molecule has 192 valence electrons. The van der Waals surface area contributed by atoms with E-state index in [0.29, 0.717) is 33.4 Å². The number of rotatable bonds is 5. The predicted octanol–water partition coefficient (Wildman–Crippen LogP) is 4.99. The fourth-order valence-corrected chi connectivity index (χ4v) is 5.88. The summed E-state index contributed by atoms with van der Waals surface area (Å²) in [5.74, 6) is -1.37. The highest BCUT2D eigenvalue weighted by Crippen LogP contribution is 2.53. The molecule has 0 N–H and O–H groups in total. The number of para-hydroxylation sites is 1. The molecule has 2 fully saturated rings. The Morgan fingerprint density at radius 3 is 2.32 bits per heavy atom. The Labute approximate surface area is 220 Å². The van der Waals surface area contributed by atoms with Gasteiger partial charge in [0.15, 0.2) is 12.4 Å². The van der Waals surface area contributed by atoms with E-state index in [1.165, 1.54) is 4.90 Å². The number of imide groups is 1. The molecule has 4 atom stereocenters. The Morgan fingerprint density at radius 1 is 0.947 bits per heavy atom. The third-order valence-corrected chi connectivity index (χ3v) is 7.98. The number of ketones is 1. The second-order valence-corrected chi connectivity index (χ2v) is 11.4. The van der Waals surface area contributed by atoms with Crippen molar-refractivity contribution in [2.75, 3.05) is 11.5 Å². The van der Waals surface area contributed by atoms with Crippen LogP contribution in [0, 0.1) is 29.1 Å². The fourth-order valence-electron chi connectivity index (χ4n) is 5.88. The maximum Gasteiger partial charge on any atom is 0.339 e. The summed E-state index contributed by atoms with van der Waals surface area (Å²) in [4.78, 5) is 58.1. The number of allylic oxidation sites excluding steroid dienone is 2. The molecule has 0 radical (unpaired) electrons. The molecule has 2 bridgehead atoms. The second kappa shape index (κ2) is 8.72. The molecule has 3 aromatic rings. The summed E-state index contributed by atoms with van der Waals surface area (Å²) >= 11 is 0. The van der Waals surface area contributed by atoms with Crippen LogP contribution in [0.2, 0.25) is 0 Å². The van der Waals surface area contributed by atoms with Crippen molar-refractivity contribution in [1.82, 2.24) is 4.98 Å². The zero-order chi connectivity index (χ0) is 26.8. The minimum atomic E-state index is -0.620. The number of esters is 1. The number of hydrogen-bond donors (Lipinski definition) is 0. The first-order valence-corrected chi connectivity index (χ1v) is 12.9. The molecule has 3 aliphatic rings. The Kier molecular flexibility index (Phi) is 5.56. The number of fused-ring (bicyclic) bond motifs is 6. The largest absolute Gasteiger partial charge is 0.454 e. The minimum absolute atomic E-state index is 0.135. The minimum Gasteiger partial charge on any atom is -0.454 e. The number of aromatic nitrogens is 1. The van der Waals surface area contributed by atoms with Crippen LogP contribution >= 0.6 is 0 Å². The van der Waals surface area contributed by atoms with E-state index in [4.69, 9.17) is 9.72 Å². The summed E-state index contributed by atoms with van der Waals surface area (Å²) in [6, 6.07) is 16.0. The highest BCUT2D eigenvalue weighted by atomic mass is 16.5. The van der Waals surface area contributed by atoms with Gasteiger partial charge in [-0.15, -0.1) is 0 Å². The second-order valence-electron chi connectivity index (χ2n) is 11.4. The Morgan fingerprint density at radius 2 is 1.63 bits per heavy atom. The van der Waals surface area contributed by atoms with Crippen LogP contribution in [0.5, 0.6) is 0 Å². The molecule has 2 amide bonds. The molecule has 7 heteroatoms. The number of nitrogens with zero attached hydrogens (tertiary/aromatic N) is 2. The van der Waals surface area contributed by atoms with E-state index in [1.54, 1.807) is 57.2 Å². The van der Waals surface area contributed by atoms with Crippen LogP contribution in [0.3, 0.4) is 0 Å². The van der Waals surface area contributed by atoms with E-state index in [0.717, 1.165) is 6.42 Å². The van der Waals surface area contributed by atoms with Crippen LogP contribution in [0.1, 0.15) is 37.6 Å². The van der Waals surface area contributed by atoms with Crippen molar-refractivity contribution < 1.29 is 23.9 Å². The zero-order valence-corrected chi connectivity index (χ0v) is 21.5. The van der Waals surface area contributed by atoms with Gasteiger partial charge in [0.05, 0.1) is 34.3 Å². The zero-order valence-electron chi connectivity index (χ0n) is 21.5. The van der Waals surface area contributed by atoms with Crippen molar-refractivity contribution in [2.24, 2.45) is 29.1 Å². The molecule has 2 aromatic carbocycles. The van der Waals surface area contributed by atoms with Gasteiger partial charge < -0.3 is 4.74 Å². The molecule has 2 heterocycles. The monoisotopic (exact) mass is 508 g/mol. The maximum atomic E-state index is 13.3. The van der Waals surface area contributed by atoms with E-state index in [9.17, 15) is 19.2 Å². The number of Topliss-reactive ketones (excluding diaryl/α,β-unsaturated/α-hetero) is 1. The summed E-state index contributed by atoms with van der Waals surface area (Å²) in [5.41, 5.74) is 1.93. The number of amides is 2. The van der Waals surface area contributed by atoms with Crippen LogP contribution in [-0.2, 0) is 19.1 Å². The lowest BCUT2D eigenvalue weighted by Crippen LogP contribution is -2.32. The van der Waals surface area contributed by atoms with Crippen molar-refractivity contribution in [3.05, 3.63) is 72.3 Å². The third-order valence-electron chi connectivity index (χ3n) is 7.98. The molecule has 7 nitrogen and oxygen atoms in total.